The molecule has 96 valence electrons. The third-order valence-corrected chi connectivity index (χ3v) is 3.20. The summed E-state index contributed by atoms with van der Waals surface area (Å²) in [6.07, 6.45) is 4.34. The van der Waals surface area contributed by atoms with Crippen LogP contribution >= 0.6 is 12.4 Å². The number of amides is 1. The van der Waals surface area contributed by atoms with Crippen LogP contribution < -0.4 is 11.1 Å². The summed E-state index contributed by atoms with van der Waals surface area (Å²) >= 11 is 0. The van der Waals surface area contributed by atoms with Crippen molar-refractivity contribution in [1.29, 1.82) is 0 Å². The number of nitrogens with two attached hydrogens (primary N) is 1. The van der Waals surface area contributed by atoms with Gasteiger partial charge in [0.25, 0.3) is 0 Å². The maximum atomic E-state index is 11.8. The van der Waals surface area contributed by atoms with Gasteiger partial charge in [0.1, 0.15) is 0 Å². The molecule has 1 saturated carbocycles. The third-order valence-electron chi connectivity index (χ3n) is 3.20. The van der Waals surface area contributed by atoms with Crippen LogP contribution in [0, 0.1) is 5.92 Å². The zero-order valence-electron chi connectivity index (χ0n) is 10.1. The molecule has 1 atom stereocenters. The Balaban J connectivity index is 0.00000225. The molecule has 5 heteroatoms. The predicted octanol–water partition coefficient (Wildman–Crippen LogP) is 1.08. The lowest BCUT2D eigenvalue weighted by Crippen LogP contribution is -2.53. The molecule has 1 aliphatic carbocycles. The van der Waals surface area contributed by atoms with Crippen molar-refractivity contribution in [2.75, 3.05) is 20.3 Å². The molecule has 3 N–H and O–H groups in total. The van der Waals surface area contributed by atoms with Crippen molar-refractivity contribution in [3.05, 3.63) is 0 Å². The molecule has 0 saturated heterocycles. The van der Waals surface area contributed by atoms with E-state index in [9.17, 15) is 4.79 Å². The van der Waals surface area contributed by atoms with Gasteiger partial charge in [0.2, 0.25) is 5.91 Å². The van der Waals surface area contributed by atoms with Crippen molar-refractivity contribution in [3.8, 4) is 0 Å². The van der Waals surface area contributed by atoms with Crippen LogP contribution in [0.3, 0.4) is 0 Å². The van der Waals surface area contributed by atoms with Crippen molar-refractivity contribution < 1.29 is 9.53 Å². The topological polar surface area (TPSA) is 64.3 Å². The fraction of sp³-hybridized carbons (Fsp3) is 0.909. The van der Waals surface area contributed by atoms with E-state index in [1.54, 1.807) is 7.11 Å². The lowest BCUT2D eigenvalue weighted by molar-refractivity contribution is -0.127. The smallest absolute Gasteiger partial charge is 0.225 e. The molecule has 1 fully saturated rings. The first-order valence-electron chi connectivity index (χ1n) is 5.64. The number of methoxy groups -OCH3 is 1. The zero-order chi connectivity index (χ0) is 11.3. The molecular formula is C11H23ClN2O2. The molecule has 1 aliphatic rings. The van der Waals surface area contributed by atoms with Crippen LogP contribution in [-0.4, -0.2) is 31.7 Å². The van der Waals surface area contributed by atoms with Crippen LogP contribution in [0.15, 0.2) is 0 Å². The second-order valence-electron chi connectivity index (χ2n) is 4.54. The molecule has 1 amide bonds. The SMILES string of the molecule is COCC(C)C(=O)NC1(CN)CCCC1.Cl. The van der Waals surface area contributed by atoms with E-state index in [0.29, 0.717) is 13.2 Å². The maximum absolute atomic E-state index is 11.8. The van der Waals surface area contributed by atoms with E-state index in [1.165, 1.54) is 0 Å². The number of carbonyl (C=O) groups is 1. The van der Waals surface area contributed by atoms with Gasteiger partial charge in [-0.15, -0.1) is 12.4 Å². The van der Waals surface area contributed by atoms with Crippen molar-refractivity contribution in [3.63, 3.8) is 0 Å². The van der Waals surface area contributed by atoms with E-state index in [1.807, 2.05) is 6.92 Å². The number of hydrogen-bond acceptors (Lipinski definition) is 3. The second kappa shape index (κ2) is 7.09. The molecule has 0 bridgehead atoms. The van der Waals surface area contributed by atoms with Gasteiger partial charge in [-0.3, -0.25) is 4.79 Å². The number of carbonyl (C=O) groups excluding carboxylic acids is 1. The van der Waals surface area contributed by atoms with Gasteiger partial charge < -0.3 is 15.8 Å². The van der Waals surface area contributed by atoms with E-state index < -0.39 is 0 Å². The summed E-state index contributed by atoms with van der Waals surface area (Å²) in [4.78, 5) is 11.8. The summed E-state index contributed by atoms with van der Waals surface area (Å²) in [5.74, 6) is -0.0387. The number of halogens is 1. The summed E-state index contributed by atoms with van der Waals surface area (Å²) in [6.45, 7) is 2.88. The Labute approximate surface area is 104 Å². The van der Waals surface area contributed by atoms with Crippen LogP contribution in [0.4, 0.5) is 0 Å². The Kier molecular flexibility index (Phi) is 6.95. The Morgan fingerprint density at radius 1 is 1.50 bits per heavy atom. The average Bonchev–Trinajstić information content (AvgIpc) is 2.67. The lowest BCUT2D eigenvalue weighted by Gasteiger charge is -2.30. The number of ether oxygens (including phenoxy) is 1. The van der Waals surface area contributed by atoms with E-state index >= 15 is 0 Å². The molecule has 1 rings (SSSR count). The lowest BCUT2D eigenvalue weighted by atomic mass is 9.96. The summed E-state index contributed by atoms with van der Waals surface area (Å²) < 4.78 is 4.96. The normalized spacial score (nSPS) is 19.9. The molecule has 0 aliphatic heterocycles. The maximum Gasteiger partial charge on any atom is 0.225 e. The molecule has 0 aromatic heterocycles. The Morgan fingerprint density at radius 3 is 2.50 bits per heavy atom. The van der Waals surface area contributed by atoms with Crippen LogP contribution in [0.2, 0.25) is 0 Å². The summed E-state index contributed by atoms with van der Waals surface area (Å²) in [7, 11) is 1.61. The van der Waals surface area contributed by atoms with Gasteiger partial charge in [-0.25, -0.2) is 0 Å². The molecule has 0 aromatic rings. The van der Waals surface area contributed by atoms with E-state index in [0.717, 1.165) is 25.7 Å². The first-order chi connectivity index (χ1) is 7.13. The van der Waals surface area contributed by atoms with Crippen LogP contribution in [0.5, 0.6) is 0 Å². The highest BCUT2D eigenvalue weighted by molar-refractivity contribution is 5.85. The quantitative estimate of drug-likeness (QED) is 0.768. The van der Waals surface area contributed by atoms with Gasteiger partial charge in [-0.1, -0.05) is 19.8 Å². The van der Waals surface area contributed by atoms with Gasteiger partial charge in [-0.2, -0.15) is 0 Å². The average molecular weight is 251 g/mol. The summed E-state index contributed by atoms with van der Waals surface area (Å²) in [6, 6.07) is 0. The highest BCUT2D eigenvalue weighted by atomic mass is 35.5. The molecule has 4 nitrogen and oxygen atoms in total. The van der Waals surface area contributed by atoms with Crippen molar-refractivity contribution >= 4 is 18.3 Å². The monoisotopic (exact) mass is 250 g/mol. The van der Waals surface area contributed by atoms with E-state index in [4.69, 9.17) is 10.5 Å². The first-order valence-corrected chi connectivity index (χ1v) is 5.64. The minimum atomic E-state index is -0.140. The zero-order valence-corrected chi connectivity index (χ0v) is 10.9. The minimum absolute atomic E-state index is 0. The number of nitrogens with one attached hydrogen (secondary N) is 1. The first kappa shape index (κ1) is 15.7. The predicted molar refractivity (Wildman–Crippen MR) is 66.7 cm³/mol. The summed E-state index contributed by atoms with van der Waals surface area (Å²) in [5, 5.41) is 3.08. The molecule has 0 radical (unpaired) electrons. The minimum Gasteiger partial charge on any atom is -0.384 e. The van der Waals surface area contributed by atoms with Crippen LogP contribution in [0.1, 0.15) is 32.6 Å². The third kappa shape index (κ3) is 3.92. The highest BCUT2D eigenvalue weighted by Crippen LogP contribution is 2.28. The number of rotatable bonds is 5. The molecular weight excluding hydrogens is 228 g/mol. The van der Waals surface area contributed by atoms with Gasteiger partial charge in [0, 0.05) is 13.7 Å². The van der Waals surface area contributed by atoms with Crippen LogP contribution in [-0.2, 0) is 9.53 Å². The van der Waals surface area contributed by atoms with Gasteiger partial charge >= 0.3 is 0 Å². The molecule has 0 aromatic carbocycles. The second-order valence-corrected chi connectivity index (χ2v) is 4.54. The van der Waals surface area contributed by atoms with Crippen LogP contribution in [0.25, 0.3) is 0 Å². The Morgan fingerprint density at radius 2 is 2.06 bits per heavy atom. The Hall–Kier alpha value is -0.320. The van der Waals surface area contributed by atoms with E-state index in [2.05, 4.69) is 5.32 Å². The van der Waals surface area contributed by atoms with Gasteiger partial charge in [-0.05, 0) is 12.8 Å². The van der Waals surface area contributed by atoms with Crippen molar-refractivity contribution in [2.24, 2.45) is 11.7 Å². The molecule has 0 heterocycles. The largest absolute Gasteiger partial charge is 0.384 e. The van der Waals surface area contributed by atoms with Gasteiger partial charge in [0.05, 0.1) is 18.1 Å². The Bertz CT molecular complexity index is 218. The fourth-order valence-corrected chi connectivity index (χ4v) is 2.14. The highest BCUT2D eigenvalue weighted by Gasteiger charge is 2.34. The molecule has 1 unspecified atom stereocenters. The van der Waals surface area contributed by atoms with Crippen molar-refractivity contribution in [1.82, 2.24) is 5.32 Å². The standard InChI is InChI=1S/C11H22N2O2.ClH/c1-9(7-15-2)10(14)13-11(8-12)5-3-4-6-11;/h9H,3-8,12H2,1-2H3,(H,13,14);1H. The van der Waals surface area contributed by atoms with Crippen molar-refractivity contribution in [2.45, 2.75) is 38.1 Å². The van der Waals surface area contributed by atoms with E-state index in [-0.39, 0.29) is 29.8 Å². The molecule has 16 heavy (non-hydrogen) atoms. The molecule has 0 spiro atoms. The summed E-state index contributed by atoms with van der Waals surface area (Å²) in [5.41, 5.74) is 5.61. The fourth-order valence-electron chi connectivity index (χ4n) is 2.14. The van der Waals surface area contributed by atoms with Gasteiger partial charge in [0.15, 0.2) is 0 Å². The number of hydrogen-bond donors (Lipinski definition) is 2.